The van der Waals surface area contributed by atoms with Crippen LogP contribution in [0.1, 0.15) is 5.56 Å². The molecule has 0 aliphatic carbocycles. The predicted molar refractivity (Wildman–Crippen MR) is 61.9 cm³/mol. The highest BCUT2D eigenvalue weighted by Crippen LogP contribution is 2.10. The molecule has 0 aliphatic heterocycles. The molecule has 0 atom stereocenters. The zero-order valence-corrected chi connectivity index (χ0v) is 9.10. The van der Waals surface area contributed by atoms with Crippen molar-refractivity contribution in [2.75, 3.05) is 6.54 Å². The number of carbonyl (C=O) groups is 1. The van der Waals surface area contributed by atoms with Gasteiger partial charge >= 0.3 is 11.1 Å². The first kappa shape index (κ1) is 10.8. The lowest BCUT2D eigenvalue weighted by Crippen LogP contribution is -2.19. The molecule has 84 valence electrons. The third-order valence-electron chi connectivity index (χ3n) is 2.26. The summed E-state index contributed by atoms with van der Waals surface area (Å²) >= 11 is 5.14. The Bertz CT molecular complexity index is 573. The van der Waals surface area contributed by atoms with Gasteiger partial charge in [-0.15, -0.1) is 0 Å². The standard InChI is InChI=1S/C10H10ClN3O2/c11-9(15)12-4-3-6-1-2-7-8(5-6)14-10(16)13-7/h1-2,5H,3-4H2,(H,12,15)(H2,13,14,16). The smallest absolute Gasteiger partial charge is 0.323 e. The molecule has 0 saturated heterocycles. The van der Waals surface area contributed by atoms with E-state index in [-0.39, 0.29) is 5.69 Å². The number of benzene rings is 1. The minimum Gasteiger partial charge on any atom is -0.342 e. The average Bonchev–Trinajstić information content (AvgIpc) is 2.56. The van der Waals surface area contributed by atoms with Crippen LogP contribution in [0.3, 0.4) is 0 Å². The van der Waals surface area contributed by atoms with Gasteiger partial charge in [0.05, 0.1) is 11.0 Å². The van der Waals surface area contributed by atoms with Gasteiger partial charge in [0, 0.05) is 6.54 Å². The van der Waals surface area contributed by atoms with Crippen LogP contribution in [0.25, 0.3) is 11.0 Å². The summed E-state index contributed by atoms with van der Waals surface area (Å²) in [4.78, 5) is 26.8. The molecule has 0 saturated carbocycles. The summed E-state index contributed by atoms with van der Waals surface area (Å²) < 4.78 is 0. The van der Waals surface area contributed by atoms with Crippen molar-refractivity contribution < 1.29 is 4.79 Å². The number of nitrogens with one attached hydrogen (secondary N) is 3. The molecule has 0 radical (unpaired) electrons. The highest BCUT2D eigenvalue weighted by atomic mass is 35.5. The van der Waals surface area contributed by atoms with Crippen LogP contribution in [0.4, 0.5) is 4.79 Å². The Morgan fingerprint density at radius 2 is 2.06 bits per heavy atom. The van der Waals surface area contributed by atoms with Gasteiger partial charge in [0.15, 0.2) is 0 Å². The second-order valence-corrected chi connectivity index (χ2v) is 3.75. The van der Waals surface area contributed by atoms with Crippen LogP contribution in [-0.4, -0.2) is 21.9 Å². The number of carbonyl (C=O) groups excluding carboxylic acids is 1. The Balaban J connectivity index is 2.13. The first-order valence-electron chi connectivity index (χ1n) is 4.79. The summed E-state index contributed by atoms with van der Waals surface area (Å²) in [6, 6.07) is 5.59. The number of aromatic nitrogens is 2. The second kappa shape index (κ2) is 4.40. The summed E-state index contributed by atoms with van der Waals surface area (Å²) in [5.41, 5.74) is 2.34. The van der Waals surface area contributed by atoms with Crippen molar-refractivity contribution in [2.24, 2.45) is 0 Å². The van der Waals surface area contributed by atoms with Gasteiger partial charge < -0.3 is 15.3 Å². The van der Waals surface area contributed by atoms with Gasteiger partial charge in [-0.3, -0.25) is 4.79 Å². The summed E-state index contributed by atoms with van der Waals surface area (Å²) in [6.45, 7) is 0.475. The van der Waals surface area contributed by atoms with Crippen LogP contribution in [0.2, 0.25) is 0 Å². The first-order valence-corrected chi connectivity index (χ1v) is 5.17. The fourth-order valence-electron chi connectivity index (χ4n) is 1.54. The number of hydrogen-bond acceptors (Lipinski definition) is 2. The van der Waals surface area contributed by atoms with E-state index in [2.05, 4.69) is 15.3 Å². The normalized spacial score (nSPS) is 10.6. The molecule has 0 bridgehead atoms. The SMILES string of the molecule is O=C(Cl)NCCc1ccc2[nH]c(=O)[nH]c2c1. The van der Waals surface area contributed by atoms with Crippen LogP contribution in [0.5, 0.6) is 0 Å². The molecule has 2 aromatic rings. The van der Waals surface area contributed by atoms with Crippen molar-refractivity contribution >= 4 is 28.0 Å². The third-order valence-corrected chi connectivity index (χ3v) is 2.39. The van der Waals surface area contributed by atoms with E-state index in [4.69, 9.17) is 11.6 Å². The Kier molecular flexibility index (Phi) is 2.96. The number of H-pyrrole nitrogens is 2. The number of fused-ring (bicyclic) bond motifs is 1. The molecule has 1 heterocycles. The summed E-state index contributed by atoms with van der Waals surface area (Å²) in [6.07, 6.45) is 0.668. The quantitative estimate of drug-likeness (QED) is 0.558. The molecule has 0 spiro atoms. The fourth-order valence-corrected chi connectivity index (χ4v) is 1.63. The van der Waals surface area contributed by atoms with E-state index in [0.717, 1.165) is 16.6 Å². The molecule has 1 amide bonds. The third kappa shape index (κ3) is 2.43. The molecule has 0 fully saturated rings. The molecular weight excluding hydrogens is 230 g/mol. The molecule has 1 aromatic heterocycles. The topological polar surface area (TPSA) is 77.8 Å². The fraction of sp³-hybridized carbons (Fsp3) is 0.200. The Hall–Kier alpha value is -1.75. The van der Waals surface area contributed by atoms with Gasteiger partial charge in [0.1, 0.15) is 0 Å². The maximum atomic E-state index is 11.0. The number of halogens is 1. The van der Waals surface area contributed by atoms with E-state index in [1.165, 1.54) is 0 Å². The van der Waals surface area contributed by atoms with Gasteiger partial charge in [0.2, 0.25) is 0 Å². The van der Waals surface area contributed by atoms with Gasteiger partial charge in [0.25, 0.3) is 0 Å². The van der Waals surface area contributed by atoms with Crippen molar-refractivity contribution in [3.05, 3.63) is 34.2 Å². The van der Waals surface area contributed by atoms with Gasteiger partial charge in [-0.2, -0.15) is 0 Å². The Morgan fingerprint density at radius 1 is 1.31 bits per heavy atom. The van der Waals surface area contributed by atoms with E-state index >= 15 is 0 Å². The first-order chi connectivity index (χ1) is 7.65. The summed E-state index contributed by atoms with van der Waals surface area (Å²) in [7, 11) is 0. The second-order valence-electron chi connectivity index (χ2n) is 3.41. The van der Waals surface area contributed by atoms with E-state index < -0.39 is 5.37 Å². The van der Waals surface area contributed by atoms with Crippen molar-refractivity contribution in [3.8, 4) is 0 Å². The van der Waals surface area contributed by atoms with E-state index in [1.54, 1.807) is 0 Å². The zero-order chi connectivity index (χ0) is 11.5. The molecule has 5 nitrogen and oxygen atoms in total. The Labute approximate surface area is 95.8 Å². The number of imidazole rings is 1. The highest BCUT2D eigenvalue weighted by Gasteiger charge is 2.00. The van der Waals surface area contributed by atoms with Gasteiger partial charge in [-0.05, 0) is 35.7 Å². The predicted octanol–water partition coefficient (Wildman–Crippen LogP) is 1.35. The molecule has 0 unspecified atom stereocenters. The summed E-state index contributed by atoms with van der Waals surface area (Å²) in [5.74, 6) is 0. The molecule has 0 aliphatic rings. The van der Waals surface area contributed by atoms with E-state index in [0.29, 0.717) is 13.0 Å². The number of rotatable bonds is 3. The molecule has 3 N–H and O–H groups in total. The monoisotopic (exact) mass is 239 g/mol. The van der Waals surface area contributed by atoms with Crippen LogP contribution >= 0.6 is 11.6 Å². The number of amides is 1. The van der Waals surface area contributed by atoms with Crippen molar-refractivity contribution in [3.63, 3.8) is 0 Å². The van der Waals surface area contributed by atoms with Gasteiger partial charge in [-0.25, -0.2) is 4.79 Å². The van der Waals surface area contributed by atoms with Crippen LogP contribution in [0.15, 0.2) is 23.0 Å². The average molecular weight is 240 g/mol. The van der Waals surface area contributed by atoms with E-state index in [9.17, 15) is 9.59 Å². The number of aromatic amines is 2. The maximum Gasteiger partial charge on any atom is 0.323 e. The van der Waals surface area contributed by atoms with Crippen LogP contribution < -0.4 is 11.0 Å². The lowest BCUT2D eigenvalue weighted by atomic mass is 10.1. The van der Waals surface area contributed by atoms with Crippen molar-refractivity contribution in [1.29, 1.82) is 0 Å². The lowest BCUT2D eigenvalue weighted by molar-refractivity contribution is 0.260. The van der Waals surface area contributed by atoms with Crippen molar-refractivity contribution in [1.82, 2.24) is 15.3 Å². The largest absolute Gasteiger partial charge is 0.342 e. The van der Waals surface area contributed by atoms with Gasteiger partial charge in [-0.1, -0.05) is 6.07 Å². The number of hydrogen-bond donors (Lipinski definition) is 3. The maximum absolute atomic E-state index is 11.0. The van der Waals surface area contributed by atoms with Crippen LogP contribution in [0, 0.1) is 0 Å². The molecule has 1 aromatic carbocycles. The lowest BCUT2D eigenvalue weighted by Gasteiger charge is -2.01. The Morgan fingerprint density at radius 3 is 2.81 bits per heavy atom. The molecule has 2 rings (SSSR count). The zero-order valence-electron chi connectivity index (χ0n) is 8.34. The van der Waals surface area contributed by atoms with Crippen molar-refractivity contribution in [2.45, 2.75) is 6.42 Å². The molecular formula is C10H10ClN3O2. The minimum absolute atomic E-state index is 0.221. The molecule has 16 heavy (non-hydrogen) atoms. The molecule has 6 heteroatoms. The van der Waals surface area contributed by atoms with E-state index in [1.807, 2.05) is 18.2 Å². The highest BCUT2D eigenvalue weighted by molar-refractivity contribution is 6.62. The van der Waals surface area contributed by atoms with Crippen LogP contribution in [-0.2, 0) is 6.42 Å². The minimum atomic E-state index is -0.559. The summed E-state index contributed by atoms with van der Waals surface area (Å²) in [5, 5.41) is 1.93.